The highest BCUT2D eigenvalue weighted by molar-refractivity contribution is 9.10. The van der Waals surface area contributed by atoms with E-state index in [2.05, 4.69) is 22.0 Å². The van der Waals surface area contributed by atoms with Crippen molar-refractivity contribution in [3.05, 3.63) is 58.6 Å². The summed E-state index contributed by atoms with van der Waals surface area (Å²) in [6, 6.07) is 17.8. The van der Waals surface area contributed by atoms with Gasteiger partial charge in [0.2, 0.25) is 0 Å². The molecule has 0 N–H and O–H groups in total. The first kappa shape index (κ1) is 15.6. The lowest BCUT2D eigenvalue weighted by Crippen LogP contribution is -2.31. The number of amides is 2. The van der Waals surface area contributed by atoms with Gasteiger partial charge in [-0.25, -0.2) is 4.79 Å². The van der Waals surface area contributed by atoms with Crippen LogP contribution in [-0.4, -0.2) is 19.1 Å². The van der Waals surface area contributed by atoms with Gasteiger partial charge in [0.15, 0.2) is 0 Å². The van der Waals surface area contributed by atoms with Gasteiger partial charge in [-0.3, -0.25) is 9.80 Å². The molecule has 0 bridgehead atoms. The maximum absolute atomic E-state index is 12.6. The molecule has 2 aromatic carbocycles. The van der Waals surface area contributed by atoms with E-state index in [9.17, 15) is 4.79 Å². The maximum Gasteiger partial charge on any atom is 0.329 e. The lowest BCUT2D eigenvalue weighted by Gasteiger charge is -2.19. The van der Waals surface area contributed by atoms with Gasteiger partial charge in [0.05, 0.1) is 6.07 Å². The van der Waals surface area contributed by atoms with Crippen molar-refractivity contribution in [3.63, 3.8) is 0 Å². The van der Waals surface area contributed by atoms with Gasteiger partial charge in [-0.1, -0.05) is 28.1 Å². The Morgan fingerprint density at radius 3 is 2.00 bits per heavy atom. The van der Waals surface area contributed by atoms with Crippen molar-refractivity contribution >= 4 is 33.3 Å². The largest absolute Gasteiger partial charge is 0.329 e. The summed E-state index contributed by atoms with van der Waals surface area (Å²) in [5, 5.41) is 8.63. The van der Waals surface area contributed by atoms with Crippen LogP contribution in [0.1, 0.15) is 12.0 Å². The summed E-state index contributed by atoms with van der Waals surface area (Å²) in [5.74, 6) is 0. The molecule has 1 saturated heterocycles. The van der Waals surface area contributed by atoms with Gasteiger partial charge in [-0.15, -0.1) is 0 Å². The van der Waals surface area contributed by atoms with Crippen LogP contribution in [-0.2, 0) is 6.42 Å². The zero-order valence-electron chi connectivity index (χ0n) is 12.6. The van der Waals surface area contributed by atoms with Gasteiger partial charge in [0.1, 0.15) is 0 Å². The van der Waals surface area contributed by atoms with Gasteiger partial charge >= 0.3 is 6.03 Å². The average molecular weight is 370 g/mol. The molecule has 1 aliphatic rings. The topological polar surface area (TPSA) is 47.3 Å². The van der Waals surface area contributed by atoms with Crippen LogP contribution in [0, 0.1) is 11.3 Å². The number of halogens is 1. The Morgan fingerprint density at radius 2 is 1.48 bits per heavy atom. The number of benzene rings is 2. The van der Waals surface area contributed by atoms with E-state index < -0.39 is 0 Å². The second-order valence-corrected chi connectivity index (χ2v) is 6.30. The van der Waals surface area contributed by atoms with E-state index in [1.165, 1.54) is 0 Å². The highest BCUT2D eigenvalue weighted by Crippen LogP contribution is 2.26. The van der Waals surface area contributed by atoms with Crippen LogP contribution < -0.4 is 9.80 Å². The van der Waals surface area contributed by atoms with Gasteiger partial charge in [0, 0.05) is 35.4 Å². The molecule has 2 aromatic rings. The predicted molar refractivity (Wildman–Crippen MR) is 94.6 cm³/mol. The van der Waals surface area contributed by atoms with Crippen molar-refractivity contribution in [2.24, 2.45) is 0 Å². The Balaban J connectivity index is 1.73. The van der Waals surface area contributed by atoms with E-state index in [0.717, 1.165) is 27.8 Å². The smallest absolute Gasteiger partial charge is 0.292 e. The Hall–Kier alpha value is -2.32. The van der Waals surface area contributed by atoms with Gasteiger partial charge in [0.25, 0.3) is 0 Å². The molecule has 0 aromatic heterocycles. The molecule has 5 heteroatoms. The SMILES string of the molecule is N#CCCc1ccc(N2CCN(c3ccc(Br)cc3)C2=O)cc1. The lowest BCUT2D eigenvalue weighted by molar-refractivity contribution is 0.256. The second kappa shape index (κ2) is 6.84. The summed E-state index contributed by atoms with van der Waals surface area (Å²) in [6.45, 7) is 1.35. The van der Waals surface area contributed by atoms with Crippen molar-refractivity contribution in [1.29, 1.82) is 5.26 Å². The molecular weight excluding hydrogens is 354 g/mol. The monoisotopic (exact) mass is 369 g/mol. The number of carbonyl (C=O) groups is 1. The van der Waals surface area contributed by atoms with E-state index in [1.54, 1.807) is 9.80 Å². The molecule has 0 saturated carbocycles. The van der Waals surface area contributed by atoms with Crippen molar-refractivity contribution < 1.29 is 4.79 Å². The quantitative estimate of drug-likeness (QED) is 0.803. The van der Waals surface area contributed by atoms with Crippen LogP contribution in [0.15, 0.2) is 53.0 Å². The standard InChI is InChI=1S/C18H16BrN3O/c19-15-5-9-17(10-6-15)22-13-12-21(18(22)23)16-7-3-14(4-8-16)2-1-11-20/h3-10H,1-2,12-13H2. The summed E-state index contributed by atoms with van der Waals surface area (Å²) in [5.41, 5.74) is 2.92. The number of carbonyl (C=O) groups excluding carboxylic acids is 1. The van der Waals surface area contributed by atoms with Gasteiger partial charge < -0.3 is 0 Å². The Labute approximate surface area is 144 Å². The number of hydrogen-bond donors (Lipinski definition) is 0. The number of anilines is 2. The fraction of sp³-hybridized carbons (Fsp3) is 0.222. The van der Waals surface area contributed by atoms with Crippen molar-refractivity contribution in [1.82, 2.24) is 0 Å². The number of hydrogen-bond acceptors (Lipinski definition) is 2. The average Bonchev–Trinajstić information content (AvgIpc) is 2.96. The molecule has 0 radical (unpaired) electrons. The highest BCUT2D eigenvalue weighted by atomic mass is 79.9. The van der Waals surface area contributed by atoms with Gasteiger partial charge in [-0.2, -0.15) is 5.26 Å². The number of aryl methyl sites for hydroxylation is 1. The molecule has 1 aliphatic heterocycles. The molecule has 1 fully saturated rings. The molecule has 0 unspecified atom stereocenters. The molecule has 0 aliphatic carbocycles. The van der Waals surface area contributed by atoms with Gasteiger partial charge in [-0.05, 0) is 48.4 Å². The van der Waals surface area contributed by atoms with Crippen LogP contribution >= 0.6 is 15.9 Å². The molecule has 4 nitrogen and oxygen atoms in total. The number of nitriles is 1. The summed E-state index contributed by atoms with van der Waals surface area (Å²) in [4.78, 5) is 16.2. The van der Waals surface area contributed by atoms with Crippen LogP contribution in [0.2, 0.25) is 0 Å². The third-order valence-electron chi connectivity index (χ3n) is 3.92. The normalized spacial score (nSPS) is 14.2. The third-order valence-corrected chi connectivity index (χ3v) is 4.45. The fourth-order valence-corrected chi connectivity index (χ4v) is 2.94. The summed E-state index contributed by atoms with van der Waals surface area (Å²) in [6.07, 6.45) is 1.26. The Kier molecular flexibility index (Phi) is 4.63. The van der Waals surface area contributed by atoms with Crippen LogP contribution in [0.25, 0.3) is 0 Å². The first-order chi connectivity index (χ1) is 11.2. The number of urea groups is 1. The Bertz CT molecular complexity index is 734. The molecule has 116 valence electrons. The van der Waals surface area contributed by atoms with Crippen LogP contribution in [0.3, 0.4) is 0 Å². The Morgan fingerprint density at radius 1 is 0.957 bits per heavy atom. The maximum atomic E-state index is 12.6. The lowest BCUT2D eigenvalue weighted by atomic mass is 10.1. The molecule has 2 amide bonds. The van der Waals surface area contributed by atoms with Crippen molar-refractivity contribution in [2.75, 3.05) is 22.9 Å². The zero-order valence-corrected chi connectivity index (χ0v) is 14.2. The van der Waals surface area contributed by atoms with E-state index in [-0.39, 0.29) is 6.03 Å². The third kappa shape index (κ3) is 3.38. The minimum Gasteiger partial charge on any atom is -0.292 e. The molecule has 0 spiro atoms. The number of rotatable bonds is 4. The first-order valence-electron chi connectivity index (χ1n) is 7.49. The first-order valence-corrected chi connectivity index (χ1v) is 8.29. The summed E-state index contributed by atoms with van der Waals surface area (Å²) >= 11 is 3.41. The van der Waals surface area contributed by atoms with Crippen molar-refractivity contribution in [3.8, 4) is 6.07 Å². The minimum atomic E-state index is -0.00269. The molecule has 23 heavy (non-hydrogen) atoms. The molecule has 0 atom stereocenters. The molecule has 1 heterocycles. The zero-order chi connectivity index (χ0) is 16.2. The highest BCUT2D eigenvalue weighted by Gasteiger charge is 2.30. The molecular formula is C18H16BrN3O. The second-order valence-electron chi connectivity index (χ2n) is 5.39. The van der Waals surface area contributed by atoms with E-state index >= 15 is 0 Å². The van der Waals surface area contributed by atoms with E-state index in [4.69, 9.17) is 5.26 Å². The van der Waals surface area contributed by atoms with Crippen LogP contribution in [0.4, 0.5) is 16.2 Å². The van der Waals surface area contributed by atoms with Crippen LogP contribution in [0.5, 0.6) is 0 Å². The van der Waals surface area contributed by atoms with E-state index in [1.807, 2.05) is 48.5 Å². The number of nitrogens with zero attached hydrogens (tertiary/aromatic N) is 3. The summed E-state index contributed by atoms with van der Waals surface area (Å²) < 4.78 is 0.998. The van der Waals surface area contributed by atoms with E-state index in [0.29, 0.717) is 19.5 Å². The predicted octanol–water partition coefficient (Wildman–Crippen LogP) is 4.35. The molecule has 3 rings (SSSR count). The summed E-state index contributed by atoms with van der Waals surface area (Å²) in [7, 11) is 0. The van der Waals surface area contributed by atoms with Crippen molar-refractivity contribution in [2.45, 2.75) is 12.8 Å². The minimum absolute atomic E-state index is 0.00269. The fourth-order valence-electron chi connectivity index (χ4n) is 2.68.